The first-order chi connectivity index (χ1) is 13.1. The number of hydrogen-bond donors (Lipinski definition) is 1. The lowest BCUT2D eigenvalue weighted by atomic mass is 9.83. The van der Waals surface area contributed by atoms with E-state index in [0.29, 0.717) is 6.54 Å². The summed E-state index contributed by atoms with van der Waals surface area (Å²) in [5.41, 5.74) is 2.84. The smallest absolute Gasteiger partial charge is 0.128 e. The van der Waals surface area contributed by atoms with Gasteiger partial charge in [0.1, 0.15) is 11.4 Å². The van der Waals surface area contributed by atoms with Crippen molar-refractivity contribution in [1.82, 2.24) is 4.90 Å². The Bertz CT molecular complexity index is 909. The predicted octanol–water partition coefficient (Wildman–Crippen LogP) is 4.68. The third-order valence-corrected chi connectivity index (χ3v) is 5.71. The van der Waals surface area contributed by atoms with Gasteiger partial charge in [0.2, 0.25) is 0 Å². The highest BCUT2D eigenvalue weighted by Gasteiger charge is 2.38. The Balaban J connectivity index is 1.77. The monoisotopic (exact) mass is 361 g/mol. The summed E-state index contributed by atoms with van der Waals surface area (Å²) in [6.45, 7) is 3.50. The number of halogens is 1. The van der Waals surface area contributed by atoms with Gasteiger partial charge in [0, 0.05) is 19.1 Å². The summed E-state index contributed by atoms with van der Waals surface area (Å²) in [5, 5.41) is 11.9. The lowest BCUT2D eigenvalue weighted by Crippen LogP contribution is -2.42. The highest BCUT2D eigenvalue weighted by atomic mass is 19.1. The van der Waals surface area contributed by atoms with Crippen LogP contribution in [0.4, 0.5) is 4.39 Å². The van der Waals surface area contributed by atoms with E-state index in [0.717, 1.165) is 29.7 Å². The zero-order valence-electron chi connectivity index (χ0n) is 15.5. The molecular formula is C24H24FNO. The molecule has 1 aliphatic heterocycles. The second kappa shape index (κ2) is 7.26. The minimum absolute atomic E-state index is 0.174. The molecule has 0 amide bonds. The van der Waals surface area contributed by atoms with E-state index >= 15 is 0 Å². The second-order valence-corrected chi connectivity index (χ2v) is 7.33. The van der Waals surface area contributed by atoms with Gasteiger partial charge in [-0.25, -0.2) is 4.39 Å². The molecule has 0 aromatic heterocycles. The third kappa shape index (κ3) is 3.41. The average molecular weight is 361 g/mol. The van der Waals surface area contributed by atoms with E-state index in [4.69, 9.17) is 0 Å². The molecule has 27 heavy (non-hydrogen) atoms. The fourth-order valence-electron chi connectivity index (χ4n) is 4.11. The fourth-order valence-corrected chi connectivity index (χ4v) is 4.11. The summed E-state index contributed by atoms with van der Waals surface area (Å²) in [6.07, 6.45) is 0.872. The molecular weight excluding hydrogens is 337 g/mol. The quantitative estimate of drug-likeness (QED) is 0.732. The molecule has 0 spiro atoms. The van der Waals surface area contributed by atoms with Crippen molar-refractivity contribution in [1.29, 1.82) is 0 Å². The molecule has 4 rings (SSSR count). The minimum atomic E-state index is -1.18. The number of hydrogen-bond acceptors (Lipinski definition) is 2. The molecule has 1 N–H and O–H groups in total. The van der Waals surface area contributed by atoms with E-state index in [1.54, 1.807) is 12.1 Å². The van der Waals surface area contributed by atoms with Crippen molar-refractivity contribution in [2.24, 2.45) is 0 Å². The highest BCUT2D eigenvalue weighted by molar-refractivity contribution is 5.43. The Labute approximate surface area is 159 Å². The standard InChI is InChI=1S/C24H24FNO/c1-18(19-7-3-2-4-8-19)26-16-15-20-9-5-6-10-23(20)24(27,17-26)21-11-13-22(25)14-12-21/h2-14,18,27H,15-17H2,1H3. The van der Waals surface area contributed by atoms with Crippen LogP contribution in [-0.4, -0.2) is 23.1 Å². The summed E-state index contributed by atoms with van der Waals surface area (Å²) in [4.78, 5) is 2.32. The van der Waals surface area contributed by atoms with Crippen LogP contribution >= 0.6 is 0 Å². The molecule has 1 heterocycles. The van der Waals surface area contributed by atoms with E-state index in [2.05, 4.69) is 30.0 Å². The molecule has 0 radical (unpaired) electrons. The number of β-amino-alcohol motifs (C(OH)–C–C–N with tert-alkyl or cyclic N) is 1. The van der Waals surface area contributed by atoms with Gasteiger partial charge >= 0.3 is 0 Å². The van der Waals surface area contributed by atoms with Gasteiger partial charge in [-0.15, -0.1) is 0 Å². The molecule has 0 fully saturated rings. The molecule has 0 aliphatic carbocycles. The zero-order chi connectivity index (χ0) is 18.9. The van der Waals surface area contributed by atoms with Crippen molar-refractivity contribution in [2.75, 3.05) is 13.1 Å². The third-order valence-electron chi connectivity index (χ3n) is 5.71. The van der Waals surface area contributed by atoms with Gasteiger partial charge in [-0.2, -0.15) is 0 Å². The number of benzene rings is 3. The Morgan fingerprint density at radius 3 is 2.33 bits per heavy atom. The van der Waals surface area contributed by atoms with Crippen molar-refractivity contribution in [3.63, 3.8) is 0 Å². The molecule has 2 nitrogen and oxygen atoms in total. The van der Waals surface area contributed by atoms with Crippen molar-refractivity contribution in [2.45, 2.75) is 25.0 Å². The van der Waals surface area contributed by atoms with Crippen molar-refractivity contribution < 1.29 is 9.50 Å². The molecule has 0 bridgehead atoms. The Morgan fingerprint density at radius 1 is 0.926 bits per heavy atom. The lowest BCUT2D eigenvalue weighted by Gasteiger charge is -2.36. The van der Waals surface area contributed by atoms with Gasteiger partial charge in [-0.05, 0) is 47.7 Å². The molecule has 0 saturated carbocycles. The molecule has 0 saturated heterocycles. The molecule has 2 unspecified atom stereocenters. The normalized spacial score (nSPS) is 21.3. The van der Waals surface area contributed by atoms with Crippen molar-refractivity contribution in [3.05, 3.63) is 107 Å². The number of rotatable bonds is 3. The van der Waals surface area contributed by atoms with E-state index < -0.39 is 5.60 Å². The minimum Gasteiger partial charge on any atom is -0.379 e. The topological polar surface area (TPSA) is 23.5 Å². The Hall–Kier alpha value is -2.49. The van der Waals surface area contributed by atoms with E-state index in [1.165, 1.54) is 17.7 Å². The SMILES string of the molecule is CC(c1ccccc1)N1CCc2ccccc2C(O)(c2ccc(F)cc2)C1. The van der Waals surface area contributed by atoms with Crippen molar-refractivity contribution in [3.8, 4) is 0 Å². The van der Waals surface area contributed by atoms with E-state index in [9.17, 15) is 9.50 Å². The number of fused-ring (bicyclic) bond motifs is 1. The molecule has 1 aliphatic rings. The van der Waals surface area contributed by atoms with E-state index in [1.807, 2.05) is 36.4 Å². The van der Waals surface area contributed by atoms with Crippen LogP contribution in [-0.2, 0) is 12.0 Å². The molecule has 3 aromatic rings. The van der Waals surface area contributed by atoms with E-state index in [-0.39, 0.29) is 11.9 Å². The van der Waals surface area contributed by atoms with Crippen LogP contribution < -0.4 is 0 Å². The Kier molecular flexibility index (Phi) is 4.81. The number of aliphatic hydroxyl groups is 1. The maximum atomic E-state index is 13.5. The van der Waals surface area contributed by atoms with Gasteiger partial charge < -0.3 is 5.11 Å². The van der Waals surface area contributed by atoms with Gasteiger partial charge in [0.25, 0.3) is 0 Å². The summed E-state index contributed by atoms with van der Waals surface area (Å²) in [5.74, 6) is -0.293. The largest absolute Gasteiger partial charge is 0.379 e. The van der Waals surface area contributed by atoms with Crippen LogP contribution in [0.3, 0.4) is 0 Å². The summed E-state index contributed by atoms with van der Waals surface area (Å²) in [7, 11) is 0. The van der Waals surface area contributed by atoms with Gasteiger partial charge in [-0.3, -0.25) is 4.90 Å². The summed E-state index contributed by atoms with van der Waals surface area (Å²) >= 11 is 0. The van der Waals surface area contributed by atoms with Gasteiger partial charge in [0.15, 0.2) is 0 Å². The second-order valence-electron chi connectivity index (χ2n) is 7.33. The van der Waals surface area contributed by atoms with Crippen LogP contribution in [0.25, 0.3) is 0 Å². The van der Waals surface area contributed by atoms with Crippen LogP contribution in [0, 0.1) is 5.82 Å². The van der Waals surface area contributed by atoms with Crippen LogP contribution in [0.15, 0.2) is 78.9 Å². The van der Waals surface area contributed by atoms with Crippen LogP contribution in [0.2, 0.25) is 0 Å². The fraction of sp³-hybridized carbons (Fsp3) is 0.250. The first-order valence-corrected chi connectivity index (χ1v) is 9.44. The average Bonchev–Trinajstić information content (AvgIpc) is 2.86. The first kappa shape index (κ1) is 17.9. The Morgan fingerprint density at radius 2 is 1.59 bits per heavy atom. The predicted molar refractivity (Wildman–Crippen MR) is 106 cm³/mol. The zero-order valence-corrected chi connectivity index (χ0v) is 15.5. The first-order valence-electron chi connectivity index (χ1n) is 9.44. The van der Waals surface area contributed by atoms with Crippen molar-refractivity contribution >= 4 is 0 Å². The summed E-state index contributed by atoms with van der Waals surface area (Å²) < 4.78 is 13.5. The maximum Gasteiger partial charge on any atom is 0.128 e. The molecule has 3 heteroatoms. The number of nitrogens with zero attached hydrogens (tertiary/aromatic N) is 1. The summed E-state index contributed by atoms with van der Waals surface area (Å²) in [6, 6.07) is 24.8. The lowest BCUT2D eigenvalue weighted by molar-refractivity contribution is 0.0279. The molecule has 3 aromatic carbocycles. The van der Waals surface area contributed by atoms with Gasteiger partial charge in [-0.1, -0.05) is 66.7 Å². The van der Waals surface area contributed by atoms with Crippen LogP contribution in [0.1, 0.15) is 35.2 Å². The maximum absolute atomic E-state index is 13.5. The van der Waals surface area contributed by atoms with Gasteiger partial charge in [0.05, 0.1) is 0 Å². The molecule has 138 valence electrons. The van der Waals surface area contributed by atoms with Crippen LogP contribution in [0.5, 0.6) is 0 Å². The molecule has 2 atom stereocenters. The highest BCUT2D eigenvalue weighted by Crippen LogP contribution is 2.37.